The number of para-hydroxylation sites is 1. The van der Waals surface area contributed by atoms with Crippen LogP contribution in [0.25, 0.3) is 0 Å². The molecule has 3 nitrogen and oxygen atoms in total. The Morgan fingerprint density at radius 1 is 1.25 bits per heavy atom. The van der Waals surface area contributed by atoms with Crippen molar-refractivity contribution in [1.29, 1.82) is 0 Å². The summed E-state index contributed by atoms with van der Waals surface area (Å²) in [4.78, 5) is 0. The van der Waals surface area contributed by atoms with Crippen LogP contribution in [0.5, 0.6) is 5.75 Å². The summed E-state index contributed by atoms with van der Waals surface area (Å²) in [5.74, 6) is 1.67. The van der Waals surface area contributed by atoms with Gasteiger partial charge in [0.2, 0.25) is 0 Å². The lowest BCUT2D eigenvalue weighted by atomic mass is 9.78. The van der Waals surface area contributed by atoms with E-state index in [1.807, 2.05) is 37.4 Å². The summed E-state index contributed by atoms with van der Waals surface area (Å²) >= 11 is 0. The molecule has 1 aliphatic rings. The number of rotatable bonds is 7. The minimum Gasteiger partial charge on any atom is -0.491 e. The molecule has 0 radical (unpaired) electrons. The standard InChI is InChI=1S/C17H27NO2/c1-15-7-6-10-17(13-15,14-18-2)20-12-11-19-16-8-4-3-5-9-16/h3-5,8-9,15,18H,6-7,10-14H2,1-2H3. The quantitative estimate of drug-likeness (QED) is 0.776. The fourth-order valence-electron chi connectivity index (χ4n) is 3.21. The SMILES string of the molecule is CNCC1(OCCOc2ccccc2)CCCC(C)C1. The second-order valence-corrected chi connectivity index (χ2v) is 5.92. The molecule has 0 spiro atoms. The first-order chi connectivity index (χ1) is 9.74. The number of benzene rings is 1. The Morgan fingerprint density at radius 3 is 2.75 bits per heavy atom. The Kier molecular flexibility index (Phi) is 5.86. The highest BCUT2D eigenvalue weighted by Gasteiger charge is 2.35. The van der Waals surface area contributed by atoms with Crippen LogP contribution in [-0.4, -0.2) is 32.4 Å². The van der Waals surface area contributed by atoms with Crippen molar-refractivity contribution in [3.8, 4) is 5.75 Å². The predicted octanol–water partition coefficient (Wildman–Crippen LogP) is 3.25. The first-order valence-electron chi connectivity index (χ1n) is 7.70. The van der Waals surface area contributed by atoms with Crippen molar-refractivity contribution in [2.24, 2.45) is 5.92 Å². The molecule has 2 rings (SSSR count). The Labute approximate surface area is 122 Å². The molecule has 3 heteroatoms. The average Bonchev–Trinajstić information content (AvgIpc) is 2.45. The Morgan fingerprint density at radius 2 is 2.05 bits per heavy atom. The first-order valence-corrected chi connectivity index (χ1v) is 7.70. The summed E-state index contributed by atoms with van der Waals surface area (Å²) in [7, 11) is 2.00. The highest BCUT2D eigenvalue weighted by molar-refractivity contribution is 5.20. The van der Waals surface area contributed by atoms with Crippen LogP contribution >= 0.6 is 0 Å². The molecule has 0 aliphatic heterocycles. The maximum absolute atomic E-state index is 6.22. The third-order valence-electron chi connectivity index (χ3n) is 4.05. The molecular weight excluding hydrogens is 250 g/mol. The van der Waals surface area contributed by atoms with Crippen molar-refractivity contribution in [2.45, 2.75) is 38.2 Å². The molecule has 1 aromatic carbocycles. The van der Waals surface area contributed by atoms with E-state index < -0.39 is 0 Å². The highest BCUT2D eigenvalue weighted by atomic mass is 16.5. The zero-order chi connectivity index (χ0) is 14.3. The van der Waals surface area contributed by atoms with E-state index in [9.17, 15) is 0 Å². The van der Waals surface area contributed by atoms with Crippen molar-refractivity contribution in [1.82, 2.24) is 5.32 Å². The first kappa shape index (κ1) is 15.3. The normalized spacial score (nSPS) is 26.4. The van der Waals surface area contributed by atoms with Gasteiger partial charge >= 0.3 is 0 Å². The van der Waals surface area contributed by atoms with Gasteiger partial charge in [0.25, 0.3) is 0 Å². The Balaban J connectivity index is 1.77. The smallest absolute Gasteiger partial charge is 0.119 e. The van der Waals surface area contributed by atoms with Gasteiger partial charge in [-0.15, -0.1) is 0 Å². The van der Waals surface area contributed by atoms with Crippen molar-refractivity contribution >= 4 is 0 Å². The second-order valence-electron chi connectivity index (χ2n) is 5.92. The molecule has 1 fully saturated rings. The fraction of sp³-hybridized carbons (Fsp3) is 0.647. The van der Waals surface area contributed by atoms with Gasteiger partial charge in [0.15, 0.2) is 0 Å². The molecule has 0 bridgehead atoms. The molecule has 0 amide bonds. The maximum atomic E-state index is 6.22. The third-order valence-corrected chi connectivity index (χ3v) is 4.05. The van der Waals surface area contributed by atoms with Crippen LogP contribution < -0.4 is 10.1 Å². The number of nitrogens with one attached hydrogen (secondary N) is 1. The van der Waals surface area contributed by atoms with Gasteiger partial charge in [0, 0.05) is 6.54 Å². The minimum atomic E-state index is 0.00641. The molecule has 1 N–H and O–H groups in total. The number of hydrogen-bond acceptors (Lipinski definition) is 3. The van der Waals surface area contributed by atoms with Crippen LogP contribution in [0.15, 0.2) is 30.3 Å². The van der Waals surface area contributed by atoms with Gasteiger partial charge in [-0.05, 0) is 37.9 Å². The number of likely N-dealkylation sites (N-methyl/N-ethyl adjacent to an activating group) is 1. The van der Waals surface area contributed by atoms with Crippen molar-refractivity contribution in [3.05, 3.63) is 30.3 Å². The van der Waals surface area contributed by atoms with E-state index in [2.05, 4.69) is 12.2 Å². The molecule has 0 aromatic heterocycles. The molecular formula is C17H27NO2. The molecule has 1 saturated carbocycles. The van der Waals surface area contributed by atoms with Crippen LogP contribution in [0.2, 0.25) is 0 Å². The van der Waals surface area contributed by atoms with E-state index >= 15 is 0 Å². The topological polar surface area (TPSA) is 30.5 Å². The molecule has 2 unspecified atom stereocenters. The minimum absolute atomic E-state index is 0.00641. The third kappa shape index (κ3) is 4.50. The van der Waals surface area contributed by atoms with Gasteiger partial charge in [0.1, 0.15) is 12.4 Å². The molecule has 1 aromatic rings. The van der Waals surface area contributed by atoms with Crippen LogP contribution in [0, 0.1) is 5.92 Å². The zero-order valence-electron chi connectivity index (χ0n) is 12.7. The molecule has 20 heavy (non-hydrogen) atoms. The van der Waals surface area contributed by atoms with Gasteiger partial charge in [-0.25, -0.2) is 0 Å². The van der Waals surface area contributed by atoms with Crippen LogP contribution in [0.3, 0.4) is 0 Å². The van der Waals surface area contributed by atoms with E-state index in [-0.39, 0.29) is 5.60 Å². The lowest BCUT2D eigenvalue weighted by Crippen LogP contribution is -2.46. The van der Waals surface area contributed by atoms with E-state index in [0.29, 0.717) is 13.2 Å². The van der Waals surface area contributed by atoms with Gasteiger partial charge in [-0.3, -0.25) is 0 Å². The van der Waals surface area contributed by atoms with Gasteiger partial charge < -0.3 is 14.8 Å². The van der Waals surface area contributed by atoms with Gasteiger partial charge in [-0.1, -0.05) is 38.0 Å². The summed E-state index contributed by atoms with van der Waals surface area (Å²) in [5.41, 5.74) is 0.00641. The maximum Gasteiger partial charge on any atom is 0.119 e. The lowest BCUT2D eigenvalue weighted by Gasteiger charge is -2.40. The summed E-state index contributed by atoms with van der Waals surface area (Å²) < 4.78 is 11.9. The van der Waals surface area contributed by atoms with Gasteiger partial charge in [0.05, 0.1) is 12.2 Å². The Hall–Kier alpha value is -1.06. The molecule has 0 heterocycles. The number of ether oxygens (including phenoxy) is 2. The average molecular weight is 277 g/mol. The summed E-state index contributed by atoms with van der Waals surface area (Å²) in [6.45, 7) is 4.53. The van der Waals surface area contributed by atoms with Crippen LogP contribution in [0.1, 0.15) is 32.6 Å². The van der Waals surface area contributed by atoms with Gasteiger partial charge in [-0.2, -0.15) is 0 Å². The van der Waals surface area contributed by atoms with E-state index in [4.69, 9.17) is 9.47 Å². The summed E-state index contributed by atoms with van der Waals surface area (Å²) in [5, 5.41) is 3.29. The molecule has 1 aliphatic carbocycles. The van der Waals surface area contributed by atoms with Crippen molar-refractivity contribution in [2.75, 3.05) is 26.8 Å². The largest absolute Gasteiger partial charge is 0.491 e. The summed E-state index contributed by atoms with van der Waals surface area (Å²) in [6, 6.07) is 9.93. The fourth-order valence-corrected chi connectivity index (χ4v) is 3.21. The van der Waals surface area contributed by atoms with E-state index in [1.165, 1.54) is 12.8 Å². The zero-order valence-corrected chi connectivity index (χ0v) is 12.7. The Bertz CT molecular complexity index is 378. The lowest BCUT2D eigenvalue weighted by molar-refractivity contribution is -0.0854. The molecule has 0 saturated heterocycles. The van der Waals surface area contributed by atoms with Crippen LogP contribution in [-0.2, 0) is 4.74 Å². The van der Waals surface area contributed by atoms with Crippen LogP contribution in [0.4, 0.5) is 0 Å². The van der Waals surface area contributed by atoms with E-state index in [1.54, 1.807) is 0 Å². The number of hydrogen-bond donors (Lipinski definition) is 1. The monoisotopic (exact) mass is 277 g/mol. The van der Waals surface area contributed by atoms with E-state index in [0.717, 1.165) is 31.1 Å². The van der Waals surface area contributed by atoms with Crippen molar-refractivity contribution < 1.29 is 9.47 Å². The highest BCUT2D eigenvalue weighted by Crippen LogP contribution is 2.34. The molecule has 112 valence electrons. The second kappa shape index (κ2) is 7.65. The van der Waals surface area contributed by atoms with Crippen molar-refractivity contribution in [3.63, 3.8) is 0 Å². The molecule has 2 atom stereocenters. The summed E-state index contributed by atoms with van der Waals surface area (Å²) in [6.07, 6.45) is 4.90. The predicted molar refractivity (Wildman–Crippen MR) is 82.2 cm³/mol.